The fourth-order valence-electron chi connectivity index (χ4n) is 4.15. The van der Waals surface area contributed by atoms with Crippen LogP contribution in [-0.4, -0.2) is 35.6 Å². The molecule has 1 heterocycles. The van der Waals surface area contributed by atoms with Crippen molar-refractivity contribution >= 4 is 23.2 Å². The normalized spacial score (nSPS) is 16.6. The number of anilines is 2. The molecule has 0 atom stereocenters. The van der Waals surface area contributed by atoms with Gasteiger partial charge < -0.3 is 15.0 Å². The Morgan fingerprint density at radius 1 is 1.19 bits per heavy atom. The summed E-state index contributed by atoms with van der Waals surface area (Å²) < 4.78 is 19.3. The van der Waals surface area contributed by atoms with Gasteiger partial charge in [0.25, 0.3) is 5.91 Å². The van der Waals surface area contributed by atoms with Gasteiger partial charge in [-0.25, -0.2) is 14.4 Å². The molecule has 1 N–H and O–H groups in total. The minimum atomic E-state index is -0.513. The molecule has 0 unspecified atom stereocenters. The average Bonchev–Trinajstić information content (AvgIpc) is 3.62. The second-order valence-corrected chi connectivity index (χ2v) is 8.43. The standard InChI is InChI=1S/C24H29FN4O2/c1-16(31-2)20-11-10-18(12-21(20)25)28-24(30)22-13-23(27-15-26-22)29(14-17-8-9-17)19-6-4-3-5-7-19/h10-13,15,17,19H,1,3-9,14H2,2H3,(H,28,30). The Bertz CT molecular complexity index is 954. The highest BCUT2D eigenvalue weighted by atomic mass is 19.1. The zero-order chi connectivity index (χ0) is 21.8. The SMILES string of the molecule is C=C(OC)c1ccc(NC(=O)c2cc(N(CC3CC3)C3CCCCC3)ncn2)cc1F. The maximum absolute atomic E-state index is 14.3. The number of rotatable bonds is 8. The lowest BCUT2D eigenvalue weighted by Gasteiger charge is -2.35. The van der Waals surface area contributed by atoms with Crippen molar-refractivity contribution < 1.29 is 13.9 Å². The Kier molecular flexibility index (Phi) is 6.49. The number of benzene rings is 1. The van der Waals surface area contributed by atoms with E-state index in [2.05, 4.69) is 26.8 Å². The second-order valence-electron chi connectivity index (χ2n) is 8.43. The third-order valence-electron chi connectivity index (χ3n) is 6.12. The maximum Gasteiger partial charge on any atom is 0.274 e. The minimum Gasteiger partial charge on any atom is -0.497 e. The first-order valence-corrected chi connectivity index (χ1v) is 11.0. The molecule has 31 heavy (non-hydrogen) atoms. The summed E-state index contributed by atoms with van der Waals surface area (Å²) >= 11 is 0. The monoisotopic (exact) mass is 424 g/mol. The Balaban J connectivity index is 1.50. The van der Waals surface area contributed by atoms with Crippen LogP contribution in [-0.2, 0) is 4.74 Å². The Hall–Kier alpha value is -2.96. The van der Waals surface area contributed by atoms with Crippen molar-refractivity contribution in [1.29, 1.82) is 0 Å². The van der Waals surface area contributed by atoms with Crippen LogP contribution in [0.1, 0.15) is 61.0 Å². The smallest absolute Gasteiger partial charge is 0.274 e. The molecular weight excluding hydrogens is 395 g/mol. The van der Waals surface area contributed by atoms with E-state index in [-0.39, 0.29) is 17.0 Å². The molecule has 1 aromatic heterocycles. The lowest BCUT2D eigenvalue weighted by Crippen LogP contribution is -2.39. The predicted octanol–water partition coefficient (Wildman–Crippen LogP) is 5.03. The average molecular weight is 425 g/mol. The van der Waals surface area contributed by atoms with Crippen LogP contribution in [0.5, 0.6) is 0 Å². The van der Waals surface area contributed by atoms with Crippen molar-refractivity contribution in [3.8, 4) is 0 Å². The number of hydrogen-bond acceptors (Lipinski definition) is 5. The summed E-state index contributed by atoms with van der Waals surface area (Å²) in [5.74, 6) is 0.848. The Morgan fingerprint density at radius 3 is 2.65 bits per heavy atom. The number of amides is 1. The van der Waals surface area contributed by atoms with Crippen LogP contribution < -0.4 is 10.2 Å². The number of aromatic nitrogens is 2. The van der Waals surface area contributed by atoms with E-state index in [1.54, 1.807) is 12.1 Å². The van der Waals surface area contributed by atoms with Gasteiger partial charge in [0, 0.05) is 24.3 Å². The Labute approximate surface area is 182 Å². The number of carbonyl (C=O) groups is 1. The number of nitrogens with one attached hydrogen (secondary N) is 1. The van der Waals surface area contributed by atoms with Gasteiger partial charge in [0.2, 0.25) is 0 Å². The number of nitrogens with zero attached hydrogens (tertiary/aromatic N) is 3. The second kappa shape index (κ2) is 9.45. The van der Waals surface area contributed by atoms with Gasteiger partial charge in [-0.2, -0.15) is 0 Å². The van der Waals surface area contributed by atoms with Crippen molar-refractivity contribution in [3.63, 3.8) is 0 Å². The van der Waals surface area contributed by atoms with E-state index < -0.39 is 11.7 Å². The molecule has 2 saturated carbocycles. The van der Waals surface area contributed by atoms with Crippen molar-refractivity contribution in [2.75, 3.05) is 23.9 Å². The van der Waals surface area contributed by atoms with Crippen molar-refractivity contribution in [2.45, 2.75) is 51.0 Å². The van der Waals surface area contributed by atoms with Crippen LogP contribution in [0.2, 0.25) is 0 Å². The van der Waals surface area contributed by atoms with Gasteiger partial charge in [0.1, 0.15) is 29.4 Å². The zero-order valence-electron chi connectivity index (χ0n) is 17.9. The van der Waals surface area contributed by atoms with Crippen LogP contribution in [0.15, 0.2) is 37.2 Å². The third-order valence-corrected chi connectivity index (χ3v) is 6.12. The fourth-order valence-corrected chi connectivity index (χ4v) is 4.15. The molecule has 1 aromatic carbocycles. The molecule has 0 bridgehead atoms. The quantitative estimate of drug-likeness (QED) is 0.602. The topological polar surface area (TPSA) is 67.3 Å². The van der Waals surface area contributed by atoms with E-state index in [0.29, 0.717) is 11.7 Å². The number of carbonyl (C=O) groups excluding carboxylic acids is 1. The minimum absolute atomic E-state index is 0.231. The molecule has 1 amide bonds. The summed E-state index contributed by atoms with van der Waals surface area (Å²) in [6.45, 7) is 4.65. The summed E-state index contributed by atoms with van der Waals surface area (Å²) in [4.78, 5) is 23.8. The van der Waals surface area contributed by atoms with Crippen molar-refractivity contribution in [3.05, 3.63) is 54.2 Å². The highest BCUT2D eigenvalue weighted by molar-refractivity contribution is 6.03. The molecule has 7 heteroatoms. The molecule has 2 aromatic rings. The van der Waals surface area contributed by atoms with Gasteiger partial charge >= 0.3 is 0 Å². The summed E-state index contributed by atoms with van der Waals surface area (Å²) in [6.07, 6.45) is 10.1. The number of halogens is 1. The summed E-state index contributed by atoms with van der Waals surface area (Å²) in [5, 5.41) is 2.72. The largest absolute Gasteiger partial charge is 0.497 e. The molecule has 0 spiro atoms. The van der Waals surface area contributed by atoms with E-state index in [1.165, 1.54) is 57.7 Å². The first kappa shape index (κ1) is 21.3. The number of ether oxygens (including phenoxy) is 1. The lowest BCUT2D eigenvalue weighted by molar-refractivity contribution is 0.102. The molecule has 0 saturated heterocycles. The molecule has 6 nitrogen and oxygen atoms in total. The molecule has 164 valence electrons. The van der Waals surface area contributed by atoms with Crippen LogP contribution in [0.4, 0.5) is 15.9 Å². The van der Waals surface area contributed by atoms with Gasteiger partial charge in [-0.05, 0) is 49.8 Å². The van der Waals surface area contributed by atoms with Crippen LogP contribution >= 0.6 is 0 Å². The lowest BCUT2D eigenvalue weighted by atomic mass is 9.94. The highest BCUT2D eigenvalue weighted by Crippen LogP contribution is 2.34. The summed E-state index contributed by atoms with van der Waals surface area (Å²) in [7, 11) is 1.43. The van der Waals surface area contributed by atoms with Gasteiger partial charge in [-0.1, -0.05) is 25.8 Å². The first-order valence-electron chi connectivity index (χ1n) is 11.0. The van der Waals surface area contributed by atoms with E-state index in [9.17, 15) is 9.18 Å². The van der Waals surface area contributed by atoms with Gasteiger partial charge in [-0.3, -0.25) is 4.79 Å². The highest BCUT2D eigenvalue weighted by Gasteiger charge is 2.30. The number of hydrogen-bond donors (Lipinski definition) is 1. The van der Waals surface area contributed by atoms with Gasteiger partial charge in [0.05, 0.1) is 12.7 Å². The van der Waals surface area contributed by atoms with Gasteiger partial charge in [0.15, 0.2) is 0 Å². The zero-order valence-corrected chi connectivity index (χ0v) is 17.9. The van der Waals surface area contributed by atoms with Crippen LogP contribution in [0, 0.1) is 11.7 Å². The van der Waals surface area contributed by atoms with E-state index in [0.717, 1.165) is 31.1 Å². The molecule has 0 radical (unpaired) electrons. The fraction of sp³-hybridized carbons (Fsp3) is 0.458. The third kappa shape index (κ3) is 5.21. The van der Waals surface area contributed by atoms with Crippen LogP contribution in [0.25, 0.3) is 5.76 Å². The molecular formula is C24H29FN4O2. The maximum atomic E-state index is 14.3. The van der Waals surface area contributed by atoms with E-state index >= 15 is 0 Å². The van der Waals surface area contributed by atoms with Crippen molar-refractivity contribution in [1.82, 2.24) is 9.97 Å². The van der Waals surface area contributed by atoms with Crippen molar-refractivity contribution in [2.24, 2.45) is 5.92 Å². The first-order chi connectivity index (χ1) is 15.0. The number of methoxy groups -OCH3 is 1. The summed E-state index contributed by atoms with van der Waals surface area (Å²) in [5.41, 5.74) is 0.873. The van der Waals surface area contributed by atoms with E-state index in [4.69, 9.17) is 4.74 Å². The van der Waals surface area contributed by atoms with Gasteiger partial charge in [-0.15, -0.1) is 0 Å². The molecule has 2 aliphatic carbocycles. The predicted molar refractivity (Wildman–Crippen MR) is 119 cm³/mol. The molecule has 0 aliphatic heterocycles. The molecule has 2 aliphatic rings. The molecule has 4 rings (SSSR count). The van der Waals surface area contributed by atoms with E-state index in [1.807, 2.05) is 0 Å². The van der Waals surface area contributed by atoms with Crippen LogP contribution in [0.3, 0.4) is 0 Å². The summed E-state index contributed by atoms with van der Waals surface area (Å²) in [6, 6.07) is 6.62. The Morgan fingerprint density at radius 2 is 1.97 bits per heavy atom. The molecule has 2 fully saturated rings.